The molecule has 2 aliphatic heterocycles. The zero-order valence-electron chi connectivity index (χ0n) is 5.62. The van der Waals surface area contributed by atoms with Gasteiger partial charge in [-0.15, -0.1) is 0 Å². The van der Waals surface area contributed by atoms with Crippen LogP contribution in [0.1, 0.15) is 12.8 Å². The van der Waals surface area contributed by atoms with Crippen molar-refractivity contribution in [3.63, 3.8) is 0 Å². The fraction of sp³-hybridized carbons (Fsp3) is 0.571. The van der Waals surface area contributed by atoms with Gasteiger partial charge in [-0.05, 0) is 12.8 Å². The number of carbonyl (C=O) groups is 1. The van der Waals surface area contributed by atoms with Crippen LogP contribution in [0.3, 0.4) is 0 Å². The van der Waals surface area contributed by atoms with E-state index in [0.717, 1.165) is 12.8 Å². The summed E-state index contributed by atoms with van der Waals surface area (Å²) < 4.78 is 4.84. The number of fused-ring (bicyclic) bond motifs is 1. The fourth-order valence-corrected chi connectivity index (χ4v) is 1.35. The number of amides is 1. The highest BCUT2D eigenvalue weighted by atomic mass is 16.6. The maximum atomic E-state index is 10.9. The first-order chi connectivity index (χ1) is 4.88. The number of nitrogens with zero attached hydrogens (tertiary/aromatic N) is 1. The van der Waals surface area contributed by atoms with Crippen LogP contribution in [0.5, 0.6) is 0 Å². The van der Waals surface area contributed by atoms with E-state index < -0.39 is 0 Å². The average molecular weight is 139 g/mol. The molecule has 1 fully saturated rings. The number of allylic oxidation sites excluding steroid dienone is 1. The molecule has 3 nitrogen and oxygen atoms in total. The molecule has 0 aromatic rings. The van der Waals surface area contributed by atoms with Crippen LogP contribution in [-0.2, 0) is 4.74 Å². The van der Waals surface area contributed by atoms with Gasteiger partial charge in [0.05, 0.1) is 6.04 Å². The number of cyclic esters (lactones) is 1. The second-order valence-electron chi connectivity index (χ2n) is 2.60. The molecule has 0 bridgehead atoms. The maximum absolute atomic E-state index is 10.9. The lowest BCUT2D eigenvalue weighted by Gasteiger charge is -2.19. The Morgan fingerprint density at radius 2 is 2.60 bits per heavy atom. The number of carbonyl (C=O) groups excluding carboxylic acids is 1. The van der Waals surface area contributed by atoms with Crippen LogP contribution in [0, 0.1) is 0 Å². The Hall–Kier alpha value is -0.990. The SMILES string of the molecule is O=C1OC[C@@H]2CCC=CN12. The molecule has 2 heterocycles. The van der Waals surface area contributed by atoms with Gasteiger partial charge in [0.25, 0.3) is 0 Å². The van der Waals surface area contributed by atoms with Crippen LogP contribution >= 0.6 is 0 Å². The van der Waals surface area contributed by atoms with E-state index in [4.69, 9.17) is 4.74 Å². The maximum Gasteiger partial charge on any atom is 0.414 e. The van der Waals surface area contributed by atoms with Crippen molar-refractivity contribution in [3.8, 4) is 0 Å². The predicted octanol–water partition coefficient (Wildman–Crippen LogP) is 1.11. The predicted molar refractivity (Wildman–Crippen MR) is 35.3 cm³/mol. The van der Waals surface area contributed by atoms with Gasteiger partial charge in [0.15, 0.2) is 0 Å². The summed E-state index contributed by atoms with van der Waals surface area (Å²) in [6.07, 6.45) is 5.74. The standard InChI is InChI=1S/C7H9NO2/c9-7-8-4-2-1-3-6(8)5-10-7/h2,4,6H,1,3,5H2/t6-/m0/s1. The molecule has 10 heavy (non-hydrogen) atoms. The molecule has 0 aromatic heterocycles. The van der Waals surface area contributed by atoms with Crippen molar-refractivity contribution in [1.29, 1.82) is 0 Å². The third-order valence-electron chi connectivity index (χ3n) is 1.94. The van der Waals surface area contributed by atoms with E-state index in [2.05, 4.69) is 0 Å². The van der Waals surface area contributed by atoms with Crippen LogP contribution in [-0.4, -0.2) is 23.6 Å². The summed E-state index contributed by atoms with van der Waals surface area (Å²) in [5.41, 5.74) is 0. The third-order valence-corrected chi connectivity index (χ3v) is 1.94. The molecule has 1 saturated heterocycles. The molecular weight excluding hydrogens is 130 g/mol. The summed E-state index contributed by atoms with van der Waals surface area (Å²) in [5.74, 6) is 0. The van der Waals surface area contributed by atoms with E-state index in [1.807, 2.05) is 12.3 Å². The molecule has 0 aliphatic carbocycles. The summed E-state index contributed by atoms with van der Waals surface area (Å²) in [6, 6.07) is 0.317. The van der Waals surface area contributed by atoms with Crippen LogP contribution in [0.4, 0.5) is 4.79 Å². The van der Waals surface area contributed by atoms with Crippen molar-refractivity contribution in [2.75, 3.05) is 6.61 Å². The molecule has 2 rings (SSSR count). The summed E-state index contributed by atoms with van der Waals surface area (Å²) in [5, 5.41) is 0. The van der Waals surface area contributed by atoms with Crippen molar-refractivity contribution in [2.24, 2.45) is 0 Å². The van der Waals surface area contributed by atoms with Gasteiger partial charge >= 0.3 is 6.09 Å². The Balaban J connectivity index is 2.21. The normalized spacial score (nSPS) is 30.2. The van der Waals surface area contributed by atoms with Crippen molar-refractivity contribution < 1.29 is 9.53 Å². The molecular formula is C7H9NO2. The Bertz CT molecular complexity index is 186. The average Bonchev–Trinajstić information content (AvgIpc) is 2.34. The van der Waals surface area contributed by atoms with E-state index in [1.54, 1.807) is 4.90 Å². The van der Waals surface area contributed by atoms with Gasteiger partial charge in [0, 0.05) is 6.20 Å². The van der Waals surface area contributed by atoms with Crippen molar-refractivity contribution in [2.45, 2.75) is 18.9 Å². The molecule has 0 aromatic carbocycles. The lowest BCUT2D eigenvalue weighted by molar-refractivity contribution is 0.166. The van der Waals surface area contributed by atoms with Gasteiger partial charge in [-0.1, -0.05) is 6.08 Å². The van der Waals surface area contributed by atoms with E-state index in [0.29, 0.717) is 12.6 Å². The second-order valence-corrected chi connectivity index (χ2v) is 2.60. The number of ether oxygens (including phenoxy) is 1. The van der Waals surface area contributed by atoms with Crippen LogP contribution in [0.15, 0.2) is 12.3 Å². The van der Waals surface area contributed by atoms with E-state index in [1.165, 1.54) is 0 Å². The molecule has 1 atom stereocenters. The van der Waals surface area contributed by atoms with Gasteiger partial charge in [-0.3, -0.25) is 4.90 Å². The largest absolute Gasteiger partial charge is 0.447 e. The summed E-state index contributed by atoms with van der Waals surface area (Å²) in [6.45, 7) is 0.573. The summed E-state index contributed by atoms with van der Waals surface area (Å²) >= 11 is 0. The highest BCUT2D eigenvalue weighted by Gasteiger charge is 2.31. The zero-order chi connectivity index (χ0) is 6.97. The topological polar surface area (TPSA) is 29.5 Å². The smallest absolute Gasteiger partial charge is 0.414 e. The first-order valence-electron chi connectivity index (χ1n) is 3.50. The quantitative estimate of drug-likeness (QED) is 0.503. The van der Waals surface area contributed by atoms with Crippen molar-refractivity contribution in [3.05, 3.63) is 12.3 Å². The number of rotatable bonds is 0. The number of hydrogen-bond acceptors (Lipinski definition) is 2. The molecule has 3 heteroatoms. The molecule has 0 spiro atoms. The van der Waals surface area contributed by atoms with Crippen molar-refractivity contribution in [1.82, 2.24) is 4.90 Å². The van der Waals surface area contributed by atoms with Gasteiger partial charge in [0.2, 0.25) is 0 Å². The minimum atomic E-state index is -0.194. The summed E-state index contributed by atoms with van der Waals surface area (Å²) in [7, 11) is 0. The molecule has 2 aliphatic rings. The zero-order valence-corrected chi connectivity index (χ0v) is 5.62. The van der Waals surface area contributed by atoms with Crippen LogP contribution < -0.4 is 0 Å². The van der Waals surface area contributed by atoms with Gasteiger partial charge in [0.1, 0.15) is 6.61 Å². The van der Waals surface area contributed by atoms with Crippen molar-refractivity contribution >= 4 is 6.09 Å². The van der Waals surface area contributed by atoms with Crippen LogP contribution in [0.2, 0.25) is 0 Å². The lowest BCUT2D eigenvalue weighted by atomic mass is 10.1. The van der Waals surface area contributed by atoms with Crippen LogP contribution in [0.25, 0.3) is 0 Å². The van der Waals surface area contributed by atoms with Gasteiger partial charge in [-0.25, -0.2) is 4.79 Å². The van der Waals surface area contributed by atoms with Gasteiger partial charge in [-0.2, -0.15) is 0 Å². The van der Waals surface area contributed by atoms with E-state index >= 15 is 0 Å². The number of hydrogen-bond donors (Lipinski definition) is 0. The minimum Gasteiger partial charge on any atom is -0.447 e. The molecule has 0 N–H and O–H groups in total. The fourth-order valence-electron chi connectivity index (χ4n) is 1.35. The minimum absolute atomic E-state index is 0.194. The highest BCUT2D eigenvalue weighted by molar-refractivity contribution is 5.71. The second kappa shape index (κ2) is 2.01. The van der Waals surface area contributed by atoms with E-state index in [-0.39, 0.29) is 6.09 Å². The van der Waals surface area contributed by atoms with Gasteiger partial charge < -0.3 is 4.74 Å². The Morgan fingerprint density at radius 3 is 3.40 bits per heavy atom. The first kappa shape index (κ1) is 5.77. The highest BCUT2D eigenvalue weighted by Crippen LogP contribution is 2.21. The molecule has 0 radical (unpaired) electrons. The molecule has 1 amide bonds. The van der Waals surface area contributed by atoms with E-state index in [9.17, 15) is 4.79 Å². The molecule has 54 valence electrons. The molecule has 0 unspecified atom stereocenters. The lowest BCUT2D eigenvalue weighted by Crippen LogP contribution is -2.30. The molecule has 0 saturated carbocycles. The third kappa shape index (κ3) is 0.701. The Labute approximate surface area is 59.3 Å². The first-order valence-corrected chi connectivity index (χ1v) is 3.50. The Morgan fingerprint density at radius 1 is 1.70 bits per heavy atom. The Kier molecular flexibility index (Phi) is 1.16. The summed E-state index contributed by atoms with van der Waals surface area (Å²) in [4.78, 5) is 12.5. The monoisotopic (exact) mass is 139 g/mol.